The second-order valence-electron chi connectivity index (χ2n) is 2.71. The largest absolute Gasteiger partial charge is 0.372 e. The molecule has 12 heavy (non-hydrogen) atoms. The Kier molecular flexibility index (Phi) is 2.64. The zero-order chi connectivity index (χ0) is 9.19. The highest BCUT2D eigenvalue weighted by atomic mass is 32.2. The summed E-state index contributed by atoms with van der Waals surface area (Å²) in [4.78, 5) is 3.68. The van der Waals surface area contributed by atoms with Crippen LogP contribution in [0.25, 0.3) is 0 Å². The second kappa shape index (κ2) is 3.37. The van der Waals surface area contributed by atoms with Crippen LogP contribution in [0.15, 0.2) is 16.6 Å². The molecule has 0 aromatic carbocycles. The van der Waals surface area contributed by atoms with Crippen molar-refractivity contribution in [3.05, 3.63) is 11.6 Å². The normalized spacial score (nSPS) is 20.1. The Balaban J connectivity index is 2.57. The summed E-state index contributed by atoms with van der Waals surface area (Å²) in [6.45, 7) is 3.75. The lowest BCUT2D eigenvalue weighted by Crippen LogP contribution is -2.18. The van der Waals surface area contributed by atoms with Gasteiger partial charge in [-0.15, -0.1) is 0 Å². The Hall–Kier alpha value is -0.680. The number of aliphatic imine (C=N–C) groups is 1. The molecular weight excluding hydrogens is 178 g/mol. The highest BCUT2D eigenvalue weighted by Gasteiger charge is 2.20. The van der Waals surface area contributed by atoms with E-state index in [1.165, 1.54) is 6.20 Å². The molecule has 0 bridgehead atoms. The predicted octanol–water partition coefficient (Wildman–Crippen LogP) is 0.710. The zero-order valence-corrected chi connectivity index (χ0v) is 7.84. The summed E-state index contributed by atoms with van der Waals surface area (Å²) in [5.74, 6) is 0. The van der Waals surface area contributed by atoms with Gasteiger partial charge in [0.2, 0.25) is 9.84 Å². The van der Waals surface area contributed by atoms with Gasteiger partial charge >= 0.3 is 0 Å². The zero-order valence-electron chi connectivity index (χ0n) is 7.02. The molecule has 0 aromatic heterocycles. The fraction of sp³-hybridized carbons (Fsp3) is 0.571. The van der Waals surface area contributed by atoms with E-state index in [9.17, 15) is 8.42 Å². The third kappa shape index (κ3) is 2.15. The van der Waals surface area contributed by atoms with Crippen molar-refractivity contribution in [2.24, 2.45) is 4.99 Å². The van der Waals surface area contributed by atoms with Crippen molar-refractivity contribution in [1.82, 2.24) is 0 Å². The molecular formula is C7H11NO3S. The van der Waals surface area contributed by atoms with E-state index in [-0.39, 0.29) is 17.8 Å². The first-order chi connectivity index (χ1) is 5.52. The maximum atomic E-state index is 11.1. The number of hydrogen-bond donors (Lipinski definition) is 0. The van der Waals surface area contributed by atoms with Gasteiger partial charge in [0.1, 0.15) is 6.61 Å². The molecule has 0 atom stereocenters. The molecule has 0 amide bonds. The van der Waals surface area contributed by atoms with Gasteiger partial charge in [-0.3, -0.25) is 0 Å². The van der Waals surface area contributed by atoms with Gasteiger partial charge in [-0.2, -0.15) is 0 Å². The lowest BCUT2D eigenvalue weighted by molar-refractivity contribution is 0.112. The highest BCUT2D eigenvalue weighted by Crippen LogP contribution is 2.07. The van der Waals surface area contributed by atoms with Crippen LogP contribution in [0.4, 0.5) is 0 Å². The summed E-state index contributed by atoms with van der Waals surface area (Å²) >= 11 is 0. The second-order valence-corrected chi connectivity index (χ2v) is 4.55. The molecule has 0 fully saturated rings. The molecule has 0 N–H and O–H groups in total. The van der Waals surface area contributed by atoms with Crippen molar-refractivity contribution < 1.29 is 13.2 Å². The van der Waals surface area contributed by atoms with Gasteiger partial charge in [-0.1, -0.05) is 0 Å². The Morgan fingerprint density at radius 3 is 2.67 bits per heavy atom. The molecule has 0 saturated carbocycles. The Bertz CT molecular complexity index is 314. The maximum absolute atomic E-state index is 11.1. The average molecular weight is 189 g/mol. The van der Waals surface area contributed by atoms with Gasteiger partial charge in [-0.05, 0) is 13.8 Å². The van der Waals surface area contributed by atoms with Crippen LogP contribution in [0.1, 0.15) is 13.8 Å². The first-order valence-corrected chi connectivity index (χ1v) is 5.17. The van der Waals surface area contributed by atoms with Gasteiger partial charge in [0.05, 0.1) is 11.5 Å². The molecule has 0 radical (unpaired) electrons. The molecule has 4 nitrogen and oxygen atoms in total. The van der Waals surface area contributed by atoms with Crippen LogP contribution in [-0.2, 0) is 14.6 Å². The monoisotopic (exact) mass is 189 g/mol. The van der Waals surface area contributed by atoms with E-state index in [2.05, 4.69) is 4.99 Å². The van der Waals surface area contributed by atoms with Crippen molar-refractivity contribution in [3.8, 4) is 0 Å². The van der Waals surface area contributed by atoms with Crippen molar-refractivity contribution in [3.63, 3.8) is 0 Å². The average Bonchev–Trinajstić information content (AvgIpc) is 2.25. The molecule has 68 valence electrons. The van der Waals surface area contributed by atoms with Crippen molar-refractivity contribution >= 4 is 14.9 Å². The standard InChI is InChI=1S/C7H11NO3S/c1-6(2)11-5-7-8-3-4-12(7,9)10/h3-4,6H,5H2,1-2H3. The summed E-state index contributed by atoms with van der Waals surface area (Å²) in [7, 11) is -3.24. The van der Waals surface area contributed by atoms with Crippen molar-refractivity contribution in [1.29, 1.82) is 0 Å². The van der Waals surface area contributed by atoms with Crippen LogP contribution in [0.5, 0.6) is 0 Å². The first-order valence-electron chi connectivity index (χ1n) is 3.62. The summed E-state index contributed by atoms with van der Waals surface area (Å²) in [5, 5.41) is 1.17. The fourth-order valence-electron chi connectivity index (χ4n) is 0.703. The molecule has 5 heteroatoms. The van der Waals surface area contributed by atoms with E-state index in [1.54, 1.807) is 0 Å². The molecule has 1 rings (SSSR count). The van der Waals surface area contributed by atoms with Crippen LogP contribution in [0.3, 0.4) is 0 Å². The summed E-state index contributed by atoms with van der Waals surface area (Å²) < 4.78 is 27.3. The van der Waals surface area contributed by atoms with Crippen LogP contribution in [-0.4, -0.2) is 26.2 Å². The van der Waals surface area contributed by atoms with Crippen LogP contribution < -0.4 is 0 Å². The molecule has 1 aliphatic rings. The quantitative estimate of drug-likeness (QED) is 0.657. The predicted molar refractivity (Wildman–Crippen MR) is 46.6 cm³/mol. The highest BCUT2D eigenvalue weighted by molar-refractivity contribution is 8.09. The van der Waals surface area contributed by atoms with Gasteiger partial charge in [0.15, 0.2) is 5.04 Å². The van der Waals surface area contributed by atoms with E-state index < -0.39 is 9.84 Å². The van der Waals surface area contributed by atoms with Gasteiger partial charge in [0, 0.05) is 6.20 Å². The summed E-state index contributed by atoms with van der Waals surface area (Å²) in [6.07, 6.45) is 1.29. The lowest BCUT2D eigenvalue weighted by Gasteiger charge is -2.05. The minimum absolute atomic E-state index is 0.0171. The number of nitrogens with zero attached hydrogens (tertiary/aromatic N) is 1. The minimum Gasteiger partial charge on any atom is -0.372 e. The van der Waals surface area contributed by atoms with Gasteiger partial charge < -0.3 is 4.74 Å². The molecule has 0 saturated heterocycles. The number of ether oxygens (including phenoxy) is 1. The van der Waals surface area contributed by atoms with E-state index >= 15 is 0 Å². The van der Waals surface area contributed by atoms with E-state index in [0.717, 1.165) is 5.41 Å². The van der Waals surface area contributed by atoms with Crippen LogP contribution >= 0.6 is 0 Å². The Labute approximate surface area is 71.9 Å². The molecule has 0 unspecified atom stereocenters. The van der Waals surface area contributed by atoms with Crippen LogP contribution in [0.2, 0.25) is 0 Å². The topological polar surface area (TPSA) is 55.7 Å². The number of hydrogen-bond acceptors (Lipinski definition) is 4. The third-order valence-corrected chi connectivity index (χ3v) is 2.69. The van der Waals surface area contributed by atoms with Gasteiger partial charge in [0.25, 0.3) is 0 Å². The number of rotatable bonds is 3. The molecule has 0 aliphatic carbocycles. The lowest BCUT2D eigenvalue weighted by atomic mass is 10.5. The van der Waals surface area contributed by atoms with E-state index in [0.29, 0.717) is 0 Å². The van der Waals surface area contributed by atoms with Gasteiger partial charge in [-0.25, -0.2) is 13.4 Å². The molecule has 0 aromatic rings. The van der Waals surface area contributed by atoms with E-state index in [4.69, 9.17) is 4.74 Å². The summed E-state index contributed by atoms with van der Waals surface area (Å²) in [5.41, 5.74) is 0. The number of sulfone groups is 1. The SMILES string of the molecule is CC(C)OCC1=NC=CS1(=O)=O. The smallest absolute Gasteiger partial charge is 0.216 e. The maximum Gasteiger partial charge on any atom is 0.216 e. The minimum atomic E-state index is -3.24. The van der Waals surface area contributed by atoms with Crippen molar-refractivity contribution in [2.75, 3.05) is 6.61 Å². The molecule has 1 heterocycles. The molecule has 0 spiro atoms. The fourth-order valence-corrected chi connectivity index (χ4v) is 1.52. The van der Waals surface area contributed by atoms with Crippen LogP contribution in [0, 0.1) is 0 Å². The van der Waals surface area contributed by atoms with Crippen molar-refractivity contribution in [2.45, 2.75) is 20.0 Å². The van der Waals surface area contributed by atoms with E-state index in [1.807, 2.05) is 13.8 Å². The summed E-state index contributed by atoms with van der Waals surface area (Å²) in [6, 6.07) is 0. The first kappa shape index (κ1) is 9.41. The Morgan fingerprint density at radius 2 is 2.25 bits per heavy atom. The molecule has 1 aliphatic heterocycles. The third-order valence-electron chi connectivity index (χ3n) is 1.33. The Morgan fingerprint density at radius 1 is 1.58 bits per heavy atom.